The van der Waals surface area contributed by atoms with Crippen molar-refractivity contribution in [3.63, 3.8) is 0 Å². The second-order valence-corrected chi connectivity index (χ2v) is 5.27. The van der Waals surface area contributed by atoms with E-state index in [1.807, 2.05) is 6.07 Å². The van der Waals surface area contributed by atoms with Gasteiger partial charge in [-0.2, -0.15) is 0 Å². The van der Waals surface area contributed by atoms with Gasteiger partial charge in [0.2, 0.25) is 0 Å². The number of nitrogens with zero attached hydrogens (tertiary/aromatic N) is 1. The second kappa shape index (κ2) is 6.37. The number of aryl methyl sites for hydroxylation is 1. The standard InChI is InChI=1S/C12H10BrCl2N.BrH/c1-2-3-7-6-8(13)11-9(14)4-5-10(15)12(11)16-7;/h4-6H,2-3H2,1H3;1H. The lowest BCUT2D eigenvalue weighted by Gasteiger charge is -2.07. The Balaban J connectivity index is 0.00000144. The summed E-state index contributed by atoms with van der Waals surface area (Å²) in [6, 6.07) is 5.58. The zero-order valence-corrected chi connectivity index (χ0v) is 13.9. The summed E-state index contributed by atoms with van der Waals surface area (Å²) < 4.78 is 0.952. The molecule has 0 fully saturated rings. The van der Waals surface area contributed by atoms with Gasteiger partial charge in [-0.15, -0.1) is 17.0 Å². The molecule has 1 heterocycles. The number of hydrogen-bond acceptors (Lipinski definition) is 1. The maximum atomic E-state index is 6.14. The summed E-state index contributed by atoms with van der Waals surface area (Å²) in [5, 5.41) is 2.19. The maximum absolute atomic E-state index is 6.14. The number of halogens is 4. The smallest absolute Gasteiger partial charge is 0.0917 e. The molecule has 5 heteroatoms. The van der Waals surface area contributed by atoms with Crippen LogP contribution in [-0.2, 0) is 6.42 Å². The van der Waals surface area contributed by atoms with Gasteiger partial charge in [-0.1, -0.05) is 36.5 Å². The first kappa shape index (κ1) is 15.2. The van der Waals surface area contributed by atoms with Crippen molar-refractivity contribution in [3.05, 3.63) is 38.4 Å². The van der Waals surface area contributed by atoms with E-state index in [2.05, 4.69) is 27.8 Å². The van der Waals surface area contributed by atoms with Crippen LogP contribution in [0.1, 0.15) is 19.0 Å². The minimum atomic E-state index is 0. The third-order valence-corrected chi connectivity index (χ3v) is 3.62. The normalized spacial score (nSPS) is 10.4. The molecule has 17 heavy (non-hydrogen) atoms. The number of aromatic nitrogens is 1. The highest BCUT2D eigenvalue weighted by Crippen LogP contribution is 2.34. The lowest BCUT2D eigenvalue weighted by molar-refractivity contribution is 0.889. The molecule has 0 aliphatic carbocycles. The summed E-state index contributed by atoms with van der Waals surface area (Å²) in [5.41, 5.74) is 1.80. The van der Waals surface area contributed by atoms with Gasteiger partial charge in [0, 0.05) is 15.6 Å². The highest BCUT2D eigenvalue weighted by molar-refractivity contribution is 9.10. The van der Waals surface area contributed by atoms with Gasteiger partial charge in [0.15, 0.2) is 0 Å². The van der Waals surface area contributed by atoms with Crippen molar-refractivity contribution < 1.29 is 0 Å². The van der Waals surface area contributed by atoms with Crippen LogP contribution in [0.2, 0.25) is 10.0 Å². The molecule has 92 valence electrons. The lowest BCUT2D eigenvalue weighted by Crippen LogP contribution is -1.92. The van der Waals surface area contributed by atoms with Gasteiger partial charge in [-0.05, 0) is 40.5 Å². The van der Waals surface area contributed by atoms with Gasteiger partial charge in [-0.3, -0.25) is 4.98 Å². The summed E-state index contributed by atoms with van der Waals surface area (Å²) in [6.45, 7) is 2.12. The van der Waals surface area contributed by atoms with E-state index in [0.717, 1.165) is 33.9 Å². The van der Waals surface area contributed by atoms with Gasteiger partial charge in [-0.25, -0.2) is 0 Å². The predicted molar refractivity (Wildman–Crippen MR) is 83.8 cm³/mol. The lowest BCUT2D eigenvalue weighted by atomic mass is 10.1. The van der Waals surface area contributed by atoms with Crippen molar-refractivity contribution in [1.82, 2.24) is 4.98 Å². The average molecular weight is 400 g/mol. The number of fused-ring (bicyclic) bond motifs is 1. The Bertz CT molecular complexity index is 544. The van der Waals surface area contributed by atoms with E-state index < -0.39 is 0 Å². The SMILES string of the molecule is Br.CCCc1cc(Br)c2c(Cl)ccc(Cl)c2n1. The van der Waals surface area contributed by atoms with E-state index in [4.69, 9.17) is 23.2 Å². The van der Waals surface area contributed by atoms with Crippen LogP contribution in [-0.4, -0.2) is 4.98 Å². The molecule has 0 saturated heterocycles. The molecule has 1 aromatic heterocycles. The molecule has 0 atom stereocenters. The Morgan fingerprint density at radius 3 is 2.53 bits per heavy atom. The average Bonchev–Trinajstić information content (AvgIpc) is 2.23. The first-order chi connectivity index (χ1) is 7.63. The Morgan fingerprint density at radius 2 is 1.88 bits per heavy atom. The highest BCUT2D eigenvalue weighted by atomic mass is 79.9. The molecule has 0 radical (unpaired) electrons. The Labute approximate surface area is 129 Å². The molecule has 2 rings (SSSR count). The number of benzene rings is 1. The van der Waals surface area contributed by atoms with Gasteiger partial charge in [0.05, 0.1) is 15.6 Å². The van der Waals surface area contributed by atoms with Crippen LogP contribution in [0.25, 0.3) is 10.9 Å². The summed E-state index contributed by atoms with van der Waals surface area (Å²) >= 11 is 15.8. The largest absolute Gasteiger partial charge is 0.251 e. The van der Waals surface area contributed by atoms with Crippen molar-refractivity contribution in [3.8, 4) is 0 Å². The fourth-order valence-electron chi connectivity index (χ4n) is 1.66. The van der Waals surface area contributed by atoms with Crippen molar-refractivity contribution in [2.24, 2.45) is 0 Å². The van der Waals surface area contributed by atoms with Crippen molar-refractivity contribution in [2.45, 2.75) is 19.8 Å². The molecule has 0 aliphatic rings. The topological polar surface area (TPSA) is 12.9 Å². The number of rotatable bonds is 2. The minimum Gasteiger partial charge on any atom is -0.251 e. The van der Waals surface area contributed by atoms with Crippen LogP contribution < -0.4 is 0 Å². The van der Waals surface area contributed by atoms with Gasteiger partial charge in [0.25, 0.3) is 0 Å². The van der Waals surface area contributed by atoms with E-state index in [1.165, 1.54) is 0 Å². The Morgan fingerprint density at radius 1 is 1.24 bits per heavy atom. The van der Waals surface area contributed by atoms with Crippen LogP contribution >= 0.6 is 56.1 Å². The predicted octanol–water partition coefficient (Wildman–Crippen LogP) is 5.83. The van der Waals surface area contributed by atoms with Crippen molar-refractivity contribution in [1.29, 1.82) is 0 Å². The molecule has 0 amide bonds. The third-order valence-electron chi connectivity index (χ3n) is 2.37. The molecule has 0 N–H and O–H groups in total. The maximum Gasteiger partial charge on any atom is 0.0917 e. The molecule has 1 aromatic carbocycles. The highest BCUT2D eigenvalue weighted by Gasteiger charge is 2.10. The van der Waals surface area contributed by atoms with Crippen LogP contribution in [0, 0.1) is 0 Å². The molecule has 0 aliphatic heterocycles. The van der Waals surface area contributed by atoms with Crippen molar-refractivity contribution in [2.75, 3.05) is 0 Å². The van der Waals surface area contributed by atoms with E-state index >= 15 is 0 Å². The summed E-state index contributed by atoms with van der Waals surface area (Å²) in [7, 11) is 0. The van der Waals surface area contributed by atoms with Crippen LogP contribution in [0.4, 0.5) is 0 Å². The molecular weight excluding hydrogens is 389 g/mol. The molecule has 0 unspecified atom stereocenters. The van der Waals surface area contributed by atoms with Gasteiger partial charge >= 0.3 is 0 Å². The Kier molecular flexibility index (Phi) is 5.71. The van der Waals surface area contributed by atoms with Crippen LogP contribution in [0.5, 0.6) is 0 Å². The minimum absolute atomic E-state index is 0. The summed E-state index contributed by atoms with van der Waals surface area (Å²) in [5.74, 6) is 0. The molecule has 2 aromatic rings. The van der Waals surface area contributed by atoms with Crippen LogP contribution in [0.3, 0.4) is 0 Å². The van der Waals surface area contributed by atoms with Crippen molar-refractivity contribution >= 4 is 67.0 Å². The Hall–Kier alpha value is 0.170. The zero-order valence-electron chi connectivity index (χ0n) is 9.14. The van der Waals surface area contributed by atoms with Crippen LogP contribution in [0.15, 0.2) is 22.7 Å². The quantitative estimate of drug-likeness (QED) is 0.618. The molecule has 0 bridgehead atoms. The second-order valence-electron chi connectivity index (χ2n) is 3.60. The number of pyridine rings is 1. The van der Waals surface area contributed by atoms with Gasteiger partial charge in [0.1, 0.15) is 0 Å². The fourth-order valence-corrected chi connectivity index (χ4v) is 2.89. The fraction of sp³-hybridized carbons (Fsp3) is 0.250. The zero-order chi connectivity index (χ0) is 11.7. The third kappa shape index (κ3) is 3.14. The monoisotopic (exact) mass is 397 g/mol. The van der Waals surface area contributed by atoms with E-state index in [0.29, 0.717) is 10.0 Å². The van der Waals surface area contributed by atoms with E-state index in [9.17, 15) is 0 Å². The van der Waals surface area contributed by atoms with Gasteiger partial charge < -0.3 is 0 Å². The first-order valence-corrected chi connectivity index (χ1v) is 6.61. The summed E-state index contributed by atoms with van der Waals surface area (Å²) in [4.78, 5) is 4.54. The molecule has 0 saturated carbocycles. The molecule has 0 spiro atoms. The first-order valence-electron chi connectivity index (χ1n) is 5.06. The number of hydrogen-bond donors (Lipinski definition) is 0. The molecule has 1 nitrogen and oxygen atoms in total. The van der Waals surface area contributed by atoms with E-state index in [1.54, 1.807) is 12.1 Å². The van der Waals surface area contributed by atoms with E-state index in [-0.39, 0.29) is 17.0 Å². The summed E-state index contributed by atoms with van der Waals surface area (Å²) in [6.07, 6.45) is 2.00. The molecular formula is C12H11Br2Cl2N.